The Balaban J connectivity index is 0.822. The summed E-state index contributed by atoms with van der Waals surface area (Å²) in [6.45, 7) is 0. The molecule has 19 aromatic rings. The Morgan fingerprint density at radius 1 is 0.148 bits per heavy atom. The van der Waals surface area contributed by atoms with E-state index in [1.54, 1.807) is 0 Å². The molecule has 10 aliphatic heterocycles. The van der Waals surface area contributed by atoms with Gasteiger partial charge >= 0.3 is 710 Å². The van der Waals surface area contributed by atoms with Crippen LogP contribution in [0, 0.1) is 0 Å². The first-order valence-electron chi connectivity index (χ1n) is 40.2. The predicted molar refractivity (Wildman–Crippen MR) is 476 cm³/mol. The van der Waals surface area contributed by atoms with E-state index in [1.165, 1.54) is 0 Å². The third kappa shape index (κ3) is 8.80. The summed E-state index contributed by atoms with van der Waals surface area (Å²) in [6, 6.07) is 100. The van der Waals surface area contributed by atoms with Crippen LogP contribution >= 0.6 is 0 Å². The Morgan fingerprint density at radius 3 is 0.549 bits per heavy atom. The number of nitrogens with zero attached hydrogens (tertiary/aromatic N) is 24. The zero-order valence-electron chi connectivity index (χ0n) is 63.6. The fraction of sp³-hybridized carbons (Fsp3) is 0. The van der Waals surface area contributed by atoms with Crippen LogP contribution in [0.3, 0.4) is 0 Å². The molecule has 20 bridgehead atoms. The Bertz CT molecular complexity index is 8070. The maximum atomic E-state index is 6.23. The van der Waals surface area contributed by atoms with E-state index in [0.29, 0.717) is 138 Å². The number of aromatic nitrogens is 12. The van der Waals surface area contributed by atoms with E-state index in [9.17, 15) is 0 Å². The molecule has 0 spiro atoms. The number of hydrogen-bond acceptors (Lipinski definition) is 18. The number of rotatable bonds is 2. The first-order chi connectivity index (χ1) is 60.5. The van der Waals surface area contributed by atoms with Gasteiger partial charge in [0.05, 0.1) is 0 Å². The molecule has 12 aromatic carbocycles. The third-order valence-corrected chi connectivity index (χ3v) is 41.1. The molecule has 0 N–H and O–H groups in total. The predicted octanol–water partition coefficient (Wildman–Crippen LogP) is 15.4. The van der Waals surface area contributed by atoms with E-state index in [2.05, 4.69) is 234 Å². The summed E-state index contributed by atoms with van der Waals surface area (Å²) in [6.07, 6.45) is 0. The van der Waals surface area contributed by atoms with Crippen molar-refractivity contribution in [1.82, 2.24) is 45.2 Å². The molecule has 29 rings (SSSR count). The van der Waals surface area contributed by atoms with Crippen molar-refractivity contribution in [2.75, 3.05) is 0 Å². The standard InChI is InChI=1S/3C32H16N8.2In/c3*1-2-10-18-17(9-1)25-33-26(18)38-28-21-13-5-6-14-22(21)30(35-28)40-32-24-16-8-7-15-23(24)31(36-32)39-29-20-12-4-3-11-19(20)27(34-29)37-25;;/h3*1-16H;;/q3*-2;2*+3. The summed E-state index contributed by atoms with van der Waals surface area (Å²) in [4.78, 5) is 106. The van der Waals surface area contributed by atoms with Crippen molar-refractivity contribution in [3.05, 3.63) is 358 Å². The Morgan fingerprint density at radius 2 is 0.328 bits per heavy atom. The van der Waals surface area contributed by atoms with Gasteiger partial charge in [-0.15, -0.1) is 0 Å². The van der Waals surface area contributed by atoms with Crippen molar-refractivity contribution in [2.45, 2.75) is 0 Å². The van der Waals surface area contributed by atoms with Gasteiger partial charge in [0.1, 0.15) is 0 Å². The number of aliphatic imine (C=N–C) groups is 8. The summed E-state index contributed by atoms with van der Waals surface area (Å²) in [5.41, 5.74) is 14.7. The van der Waals surface area contributed by atoms with Gasteiger partial charge in [-0.3, -0.25) is 0 Å². The summed E-state index contributed by atoms with van der Waals surface area (Å²) in [5.74, 6) is 8.38. The fourth-order valence-electron chi connectivity index (χ4n) is 19.6. The van der Waals surface area contributed by atoms with Crippen LogP contribution in [-0.2, 0) is 0 Å². The monoisotopic (exact) mass is 1770 g/mol. The number of amidine groups is 8. The van der Waals surface area contributed by atoms with Crippen molar-refractivity contribution >= 4 is 202 Å². The van der Waals surface area contributed by atoms with Crippen LogP contribution in [0.1, 0.15) is 44.5 Å². The van der Waals surface area contributed by atoms with Gasteiger partial charge in [-0.05, 0) is 0 Å². The molecule has 17 heterocycles. The summed E-state index contributed by atoms with van der Waals surface area (Å²) in [7, 11) is 0. The molecule has 10 aliphatic rings. The van der Waals surface area contributed by atoms with E-state index in [1.807, 2.05) is 72.8 Å². The van der Waals surface area contributed by atoms with E-state index in [0.717, 1.165) is 131 Å². The van der Waals surface area contributed by atoms with Crippen LogP contribution in [0.4, 0.5) is 23.3 Å². The van der Waals surface area contributed by atoms with Gasteiger partial charge < -0.3 is 0 Å². The van der Waals surface area contributed by atoms with Crippen molar-refractivity contribution < 1.29 is 0 Å². The molecule has 0 unspecified atom stereocenters. The molecule has 24 nitrogen and oxygen atoms in total. The van der Waals surface area contributed by atoms with E-state index >= 15 is 0 Å². The van der Waals surface area contributed by atoms with Crippen molar-refractivity contribution in [3.63, 3.8) is 0 Å². The second kappa shape index (κ2) is 24.1. The molecular weight excluding hydrogens is 1720 g/mol. The second-order valence-electron chi connectivity index (χ2n) is 31.2. The second-order valence-corrected chi connectivity index (χ2v) is 44.0. The topological polar surface area (TPSA) is 255 Å². The summed E-state index contributed by atoms with van der Waals surface area (Å²) < 4.78 is 14.4. The molecule has 0 aliphatic carbocycles. The molecule has 0 atom stereocenters. The van der Waals surface area contributed by atoms with Gasteiger partial charge in [0, 0.05) is 0 Å². The van der Waals surface area contributed by atoms with Crippen molar-refractivity contribution in [1.29, 1.82) is 0 Å². The average molecular weight is 1770 g/mol. The number of hydrogen-bond donors (Lipinski definition) is 0. The van der Waals surface area contributed by atoms with Gasteiger partial charge in [0.25, 0.3) is 0 Å². The van der Waals surface area contributed by atoms with Crippen LogP contribution in [-0.4, -0.2) is 137 Å². The Hall–Kier alpha value is -15.5. The van der Waals surface area contributed by atoms with Crippen LogP contribution in [0.5, 0.6) is 0 Å². The quantitative estimate of drug-likeness (QED) is 0.162. The van der Waals surface area contributed by atoms with Crippen LogP contribution < -0.4 is 22.0 Å². The van der Waals surface area contributed by atoms with Gasteiger partial charge in [0.15, 0.2) is 0 Å². The normalized spacial score (nSPS) is 14.9. The first kappa shape index (κ1) is 65.5. The van der Waals surface area contributed by atoms with Crippen molar-refractivity contribution in [2.24, 2.45) is 59.9 Å². The zero-order chi connectivity index (χ0) is 79.0. The minimum absolute atomic E-state index is 0.417. The Labute approximate surface area is 704 Å². The van der Waals surface area contributed by atoms with E-state index in [-0.39, 0.29) is 0 Å². The summed E-state index contributed by atoms with van der Waals surface area (Å²) in [5, 5.41) is 10.1. The molecule has 558 valence electrons. The first-order valence-corrected chi connectivity index (χ1v) is 49.1. The van der Waals surface area contributed by atoms with Crippen LogP contribution in [0.15, 0.2) is 351 Å². The van der Waals surface area contributed by atoms with Crippen LogP contribution in [0.25, 0.3) is 133 Å². The van der Waals surface area contributed by atoms with E-state index in [4.69, 9.17) is 89.8 Å². The maximum absolute atomic E-state index is 6.23. The molecule has 26 heteroatoms. The van der Waals surface area contributed by atoms with Gasteiger partial charge in [-0.2, -0.15) is 0 Å². The summed E-state index contributed by atoms with van der Waals surface area (Å²) >= 11 is -10.3. The molecule has 122 heavy (non-hydrogen) atoms. The fourth-order valence-corrected chi connectivity index (χ4v) is 37.7. The van der Waals surface area contributed by atoms with Gasteiger partial charge in [0.2, 0.25) is 0 Å². The molecule has 0 amide bonds. The number of fused-ring (bicyclic) bond motifs is 50. The molecule has 0 saturated carbocycles. The van der Waals surface area contributed by atoms with Crippen molar-refractivity contribution in [3.8, 4) is 45.6 Å². The molecule has 7 aromatic heterocycles. The SMILES string of the molecule is c1ccc2c(c1)C1=NC2=Nc2c3ccccc3c3[n]2[In]([n]2c4nc5nc(nc6c7ccccc7c(nc7nc(nc2c2ccccc24)-c2ccccc2-7)[n]6[In]2[n]4c6c7ccccc7c4N=C4N=C(N=c7c8ccccc8c([n]72)=NC2=NC(=N6)c6ccccc62)c2ccccc24)-c2ccccc2-5)[n]2c(c4ccccc4c2=NC2=NC(=N3)c3ccccc32)=N1. The van der Waals surface area contributed by atoms with Gasteiger partial charge in [-0.1, -0.05) is 0 Å². The molecule has 0 fully saturated rings. The minimum atomic E-state index is -5.14. The van der Waals surface area contributed by atoms with E-state index < -0.39 is 44.6 Å². The molecule has 0 saturated heterocycles. The van der Waals surface area contributed by atoms with Crippen LogP contribution in [0.2, 0.25) is 0 Å². The third-order valence-electron chi connectivity index (χ3n) is 24.8. The molecular formula is C96H48In2N24. The van der Waals surface area contributed by atoms with Gasteiger partial charge in [-0.25, -0.2) is 0 Å². The zero-order valence-corrected chi connectivity index (χ0v) is 70.2. The molecule has 0 radical (unpaired) electrons. The number of benzene rings is 12. The Kier molecular flexibility index (Phi) is 12.9. The average Bonchev–Trinajstić information content (AvgIpc) is 1.54.